The van der Waals surface area contributed by atoms with E-state index in [0.29, 0.717) is 0 Å². The fourth-order valence-electron chi connectivity index (χ4n) is 1.44. The fourth-order valence-corrected chi connectivity index (χ4v) is 2.40. The molecule has 0 atom stereocenters. The van der Waals surface area contributed by atoms with Gasteiger partial charge in [-0.25, -0.2) is 0 Å². The number of hydrogen-bond acceptors (Lipinski definition) is 1. The predicted molar refractivity (Wildman–Crippen MR) is 61.9 cm³/mol. The standard InChI is InChI=1S/C10H12F13NSi/c1-25(2,24)4-3-5(11,12)6(13,14)7(15,16)8(17,18)9(19,20)10(21,22)23/h3-4,24H2,1-2H3. The van der Waals surface area contributed by atoms with E-state index in [1.165, 1.54) is 0 Å². The van der Waals surface area contributed by atoms with E-state index in [1.807, 2.05) is 0 Å². The van der Waals surface area contributed by atoms with Crippen LogP contribution < -0.4 is 5.40 Å². The average Bonchev–Trinajstić information content (AvgIpc) is 2.33. The Kier molecular flexibility index (Phi) is 5.98. The van der Waals surface area contributed by atoms with Gasteiger partial charge in [-0.1, -0.05) is 13.1 Å². The first kappa shape index (κ1) is 24.3. The lowest BCUT2D eigenvalue weighted by molar-refractivity contribution is -0.439. The second kappa shape index (κ2) is 6.16. The molecule has 0 aliphatic carbocycles. The highest BCUT2D eigenvalue weighted by Crippen LogP contribution is 2.60. The van der Waals surface area contributed by atoms with Crippen LogP contribution in [0.4, 0.5) is 57.1 Å². The molecule has 0 aromatic carbocycles. The molecule has 0 aromatic rings. The maximum atomic E-state index is 13.3. The smallest absolute Gasteiger partial charge is 0.351 e. The molecule has 152 valence electrons. The SMILES string of the molecule is C[Si](C)(N)CCC(F)(F)C(F)(F)C(F)(F)C(F)(F)C(F)(F)C(F)(F)F. The van der Waals surface area contributed by atoms with Gasteiger partial charge in [0.1, 0.15) is 8.24 Å². The summed E-state index contributed by atoms with van der Waals surface area (Å²) < 4.78 is 166. The molecule has 0 aromatic heterocycles. The van der Waals surface area contributed by atoms with Crippen LogP contribution >= 0.6 is 0 Å². The van der Waals surface area contributed by atoms with Crippen molar-refractivity contribution in [1.29, 1.82) is 0 Å². The van der Waals surface area contributed by atoms with Crippen LogP contribution in [0.25, 0.3) is 0 Å². The van der Waals surface area contributed by atoms with Gasteiger partial charge in [0.05, 0.1) is 0 Å². The van der Waals surface area contributed by atoms with E-state index >= 15 is 0 Å². The molecule has 0 fully saturated rings. The van der Waals surface area contributed by atoms with Crippen LogP contribution in [-0.2, 0) is 0 Å². The second-order valence-electron chi connectivity index (χ2n) is 5.99. The van der Waals surface area contributed by atoms with E-state index in [0.717, 1.165) is 13.1 Å². The van der Waals surface area contributed by atoms with E-state index < -0.39 is 56.5 Å². The first-order chi connectivity index (χ1) is 10.5. The van der Waals surface area contributed by atoms with Crippen molar-refractivity contribution >= 4 is 8.24 Å². The van der Waals surface area contributed by atoms with Gasteiger partial charge in [0.25, 0.3) is 0 Å². The number of nitrogens with two attached hydrogens (primary N) is 1. The second-order valence-corrected chi connectivity index (χ2v) is 10.5. The summed E-state index contributed by atoms with van der Waals surface area (Å²) >= 11 is 0. The van der Waals surface area contributed by atoms with Crippen molar-refractivity contribution in [3.63, 3.8) is 0 Å². The van der Waals surface area contributed by atoms with E-state index in [9.17, 15) is 57.1 Å². The third kappa shape index (κ3) is 4.00. The van der Waals surface area contributed by atoms with Crippen LogP contribution in [0, 0.1) is 0 Å². The summed E-state index contributed by atoms with van der Waals surface area (Å²) in [5.74, 6) is -36.5. The van der Waals surface area contributed by atoms with Crippen molar-refractivity contribution in [3.05, 3.63) is 0 Å². The lowest BCUT2D eigenvalue weighted by atomic mass is 9.93. The predicted octanol–water partition coefficient (Wildman–Crippen LogP) is 5.28. The summed E-state index contributed by atoms with van der Waals surface area (Å²) in [4.78, 5) is 0. The highest BCUT2D eigenvalue weighted by molar-refractivity contribution is 6.74. The molecule has 0 aliphatic rings. The van der Waals surface area contributed by atoms with Crippen molar-refractivity contribution in [3.8, 4) is 0 Å². The molecule has 2 N–H and O–H groups in total. The summed E-state index contributed by atoms with van der Waals surface area (Å²) in [6.07, 6.45) is -9.60. The minimum Gasteiger partial charge on any atom is -0.351 e. The molecule has 0 aliphatic heterocycles. The van der Waals surface area contributed by atoms with Gasteiger partial charge in [0.15, 0.2) is 0 Å². The highest BCUT2D eigenvalue weighted by Gasteiger charge is 2.90. The monoisotopic (exact) mass is 421 g/mol. The molecule has 0 amide bonds. The number of rotatable bonds is 7. The van der Waals surface area contributed by atoms with Crippen LogP contribution in [-0.4, -0.2) is 44.0 Å². The van der Waals surface area contributed by atoms with Crippen molar-refractivity contribution in [1.82, 2.24) is 0 Å². The quantitative estimate of drug-likeness (QED) is 0.440. The lowest BCUT2D eigenvalue weighted by Crippen LogP contribution is -2.70. The number of hydrogen-bond donors (Lipinski definition) is 1. The Morgan fingerprint density at radius 1 is 0.600 bits per heavy atom. The largest absolute Gasteiger partial charge is 0.460 e. The molecule has 1 nitrogen and oxygen atoms in total. The van der Waals surface area contributed by atoms with Crippen molar-refractivity contribution < 1.29 is 57.1 Å². The van der Waals surface area contributed by atoms with E-state index in [1.54, 1.807) is 0 Å². The molecule has 0 spiro atoms. The summed E-state index contributed by atoms with van der Waals surface area (Å²) in [5.41, 5.74) is 0. The minimum absolute atomic E-state index is 1.02. The molecule has 15 heteroatoms. The Bertz CT molecular complexity index is 476. The Balaban J connectivity index is 6.03. The molecule has 0 saturated carbocycles. The lowest BCUT2D eigenvalue weighted by Gasteiger charge is -2.40. The van der Waals surface area contributed by atoms with Crippen molar-refractivity contribution in [2.75, 3.05) is 0 Å². The molecule has 0 heterocycles. The van der Waals surface area contributed by atoms with Crippen LogP contribution in [0.1, 0.15) is 6.42 Å². The topological polar surface area (TPSA) is 26.0 Å². The van der Waals surface area contributed by atoms with Crippen molar-refractivity contribution in [2.24, 2.45) is 5.40 Å². The maximum Gasteiger partial charge on any atom is 0.460 e. The molecular formula is C10H12F13NSi. The molecule has 0 bridgehead atoms. The third-order valence-corrected chi connectivity index (χ3v) is 4.62. The minimum atomic E-state index is -7.85. The maximum absolute atomic E-state index is 13.3. The molecule has 0 rings (SSSR count). The zero-order valence-electron chi connectivity index (χ0n) is 12.4. The highest BCUT2D eigenvalue weighted by atomic mass is 28.3. The molecule has 0 unspecified atom stereocenters. The van der Waals surface area contributed by atoms with Crippen LogP contribution in [0.15, 0.2) is 0 Å². The zero-order valence-corrected chi connectivity index (χ0v) is 13.4. The van der Waals surface area contributed by atoms with E-state index in [2.05, 4.69) is 0 Å². The van der Waals surface area contributed by atoms with Crippen LogP contribution in [0.2, 0.25) is 19.1 Å². The summed E-state index contributed by atoms with van der Waals surface area (Å²) in [6, 6.07) is -1.02. The van der Waals surface area contributed by atoms with Gasteiger partial charge in [-0.2, -0.15) is 57.1 Å². The van der Waals surface area contributed by atoms with Gasteiger partial charge >= 0.3 is 35.8 Å². The first-order valence-corrected chi connectivity index (χ1v) is 9.49. The Hall–Kier alpha value is -0.733. The summed E-state index contributed by atoms with van der Waals surface area (Å²) in [5, 5.41) is 5.26. The molecule has 25 heavy (non-hydrogen) atoms. The van der Waals surface area contributed by atoms with Gasteiger partial charge in [0, 0.05) is 6.42 Å². The van der Waals surface area contributed by atoms with Gasteiger partial charge in [-0.3, -0.25) is 0 Å². The molecular weight excluding hydrogens is 409 g/mol. The number of alkyl halides is 13. The number of halogens is 13. The summed E-state index contributed by atoms with van der Waals surface area (Å²) in [7, 11) is -3.09. The Labute approximate surface area is 133 Å². The Morgan fingerprint density at radius 2 is 0.920 bits per heavy atom. The Morgan fingerprint density at radius 3 is 1.20 bits per heavy atom. The van der Waals surface area contributed by atoms with Crippen LogP contribution in [0.5, 0.6) is 0 Å². The fraction of sp³-hybridized carbons (Fsp3) is 1.00. The van der Waals surface area contributed by atoms with Gasteiger partial charge in [-0.15, -0.1) is 0 Å². The van der Waals surface area contributed by atoms with Crippen LogP contribution in [0.3, 0.4) is 0 Å². The average molecular weight is 421 g/mol. The van der Waals surface area contributed by atoms with Gasteiger partial charge in [0.2, 0.25) is 0 Å². The van der Waals surface area contributed by atoms with E-state index in [4.69, 9.17) is 5.40 Å². The molecule has 0 saturated heterocycles. The van der Waals surface area contributed by atoms with Gasteiger partial charge in [-0.05, 0) is 6.04 Å². The van der Waals surface area contributed by atoms with E-state index in [-0.39, 0.29) is 0 Å². The first-order valence-electron chi connectivity index (χ1n) is 6.20. The molecule has 0 radical (unpaired) electrons. The zero-order chi connectivity index (χ0) is 20.9. The normalized spacial score (nSPS) is 16.3. The summed E-state index contributed by atoms with van der Waals surface area (Å²) in [6.45, 7) is 2.21. The van der Waals surface area contributed by atoms with Crippen molar-refractivity contribution in [2.45, 2.75) is 61.3 Å². The van der Waals surface area contributed by atoms with Gasteiger partial charge < -0.3 is 5.40 Å². The third-order valence-electron chi connectivity index (χ3n) is 3.08.